The molecule has 0 fully saturated rings. The molecule has 0 aliphatic rings. The molecule has 0 saturated carbocycles. The van der Waals surface area contributed by atoms with Gasteiger partial charge in [-0.3, -0.25) is 0 Å². The fourth-order valence-electron chi connectivity index (χ4n) is 3.85. The van der Waals surface area contributed by atoms with E-state index < -0.39 is 18.4 Å². The van der Waals surface area contributed by atoms with Crippen molar-refractivity contribution in [2.24, 2.45) is 0 Å². The Bertz CT molecular complexity index is 631. The van der Waals surface area contributed by atoms with Crippen molar-refractivity contribution in [3.8, 4) is 0 Å². The van der Waals surface area contributed by atoms with E-state index in [1.54, 1.807) is 12.1 Å². The fourth-order valence-corrected chi connectivity index (χ4v) is 19.2. The first kappa shape index (κ1) is 21.5. The van der Waals surface area contributed by atoms with Crippen molar-refractivity contribution in [2.45, 2.75) is 79.2 Å². The molecule has 26 heavy (non-hydrogen) atoms. The molecule has 0 bridgehead atoms. The summed E-state index contributed by atoms with van der Waals surface area (Å²) >= 11 is -2.47. The second-order valence-corrected chi connectivity index (χ2v) is 20.7. The number of halogens is 1. The van der Waals surface area contributed by atoms with Gasteiger partial charge in [-0.1, -0.05) is 0 Å². The van der Waals surface area contributed by atoms with E-state index in [4.69, 9.17) is 4.98 Å². The number of imidazole rings is 1. The van der Waals surface area contributed by atoms with Gasteiger partial charge in [0.1, 0.15) is 0 Å². The molecule has 0 aliphatic carbocycles. The Morgan fingerprint density at radius 2 is 1.50 bits per heavy atom. The summed E-state index contributed by atoms with van der Waals surface area (Å²) < 4.78 is 21.8. The van der Waals surface area contributed by atoms with Crippen LogP contribution in [-0.4, -0.2) is 27.9 Å². The van der Waals surface area contributed by atoms with Crippen molar-refractivity contribution < 1.29 is 4.39 Å². The Labute approximate surface area is 163 Å². The van der Waals surface area contributed by atoms with Crippen LogP contribution in [0.5, 0.6) is 0 Å². The maximum atomic E-state index is 14.0. The van der Waals surface area contributed by atoms with Crippen LogP contribution in [0.2, 0.25) is 13.3 Å². The van der Waals surface area contributed by atoms with Crippen molar-refractivity contribution >= 4 is 22.1 Å². The van der Waals surface area contributed by atoms with E-state index in [9.17, 15) is 4.39 Å². The minimum absolute atomic E-state index is 0.125. The van der Waals surface area contributed by atoms with E-state index in [0.29, 0.717) is 6.54 Å². The third-order valence-electron chi connectivity index (χ3n) is 5.51. The molecule has 0 aliphatic heterocycles. The number of hydrogen-bond donors (Lipinski definition) is 0. The van der Waals surface area contributed by atoms with E-state index in [2.05, 4.69) is 31.5 Å². The maximum absolute atomic E-state index is 14.0. The standard InChI is InChI=1S/C10H8FN2.3C4H9.Sn/c11-10-4-2-1-3-9(10)7-13-6-5-12-8-13;3*1-3-4-2;/h1-4,6,8H,7H2;3*1,3-4H2,2H3;. The molecular formula is C22H35FN2Sn. The summed E-state index contributed by atoms with van der Waals surface area (Å²) in [5, 5.41) is 0. The van der Waals surface area contributed by atoms with Crippen LogP contribution in [-0.2, 0) is 6.54 Å². The van der Waals surface area contributed by atoms with Gasteiger partial charge in [-0.15, -0.1) is 0 Å². The molecule has 144 valence electrons. The van der Waals surface area contributed by atoms with Crippen molar-refractivity contribution in [2.75, 3.05) is 0 Å². The summed E-state index contributed by atoms with van der Waals surface area (Å²) in [5.41, 5.74) is 0.743. The first-order valence-corrected chi connectivity index (χ1v) is 17.9. The molecule has 0 N–H and O–H groups in total. The number of nitrogens with zero attached hydrogens (tertiary/aromatic N) is 2. The molecule has 2 aromatic rings. The number of hydrogen-bond acceptors (Lipinski definition) is 1. The van der Waals surface area contributed by atoms with E-state index in [1.165, 1.54) is 55.5 Å². The van der Waals surface area contributed by atoms with Crippen molar-refractivity contribution in [1.82, 2.24) is 9.55 Å². The predicted molar refractivity (Wildman–Crippen MR) is 112 cm³/mol. The van der Waals surface area contributed by atoms with Gasteiger partial charge in [0, 0.05) is 0 Å². The Morgan fingerprint density at radius 3 is 2.04 bits per heavy atom. The zero-order valence-corrected chi connectivity index (χ0v) is 19.7. The molecule has 1 heterocycles. The van der Waals surface area contributed by atoms with Crippen LogP contribution in [0.3, 0.4) is 0 Å². The van der Waals surface area contributed by atoms with Crippen LogP contribution >= 0.6 is 0 Å². The SMILES string of the molecule is CCC[CH2][Sn]([CH2]CCC)([CH2]CCC)[c]1cn(Cc2ccccc2F)cn1. The van der Waals surface area contributed by atoms with Crippen LogP contribution in [0, 0.1) is 5.82 Å². The third kappa shape index (κ3) is 5.83. The zero-order chi connectivity index (χ0) is 18.8. The topological polar surface area (TPSA) is 17.8 Å². The monoisotopic (exact) mass is 466 g/mol. The summed E-state index contributed by atoms with van der Waals surface area (Å²) in [5.74, 6) is -0.125. The Kier molecular flexibility index (Phi) is 9.16. The second kappa shape index (κ2) is 11.1. The Morgan fingerprint density at radius 1 is 0.923 bits per heavy atom. The van der Waals surface area contributed by atoms with Crippen molar-refractivity contribution in [1.29, 1.82) is 0 Å². The van der Waals surface area contributed by atoms with Crippen molar-refractivity contribution in [3.63, 3.8) is 0 Å². The summed E-state index contributed by atoms with van der Waals surface area (Å²) in [6.07, 6.45) is 12.0. The summed E-state index contributed by atoms with van der Waals surface area (Å²) in [6.45, 7) is 7.48. The molecule has 4 heteroatoms. The normalized spacial score (nSPS) is 11.8. The number of rotatable bonds is 12. The van der Waals surface area contributed by atoms with Crippen LogP contribution in [0.15, 0.2) is 36.8 Å². The van der Waals surface area contributed by atoms with E-state index in [1.807, 2.05) is 18.5 Å². The van der Waals surface area contributed by atoms with Crippen LogP contribution < -0.4 is 3.71 Å². The average Bonchev–Trinajstić information content (AvgIpc) is 3.12. The first-order valence-electron chi connectivity index (χ1n) is 10.4. The zero-order valence-electron chi connectivity index (χ0n) is 16.8. The van der Waals surface area contributed by atoms with Gasteiger partial charge in [0.2, 0.25) is 0 Å². The Balaban J connectivity index is 2.25. The Hall–Kier alpha value is -0.841. The molecule has 0 unspecified atom stereocenters. The first-order chi connectivity index (χ1) is 12.6. The number of aromatic nitrogens is 2. The number of unbranched alkanes of at least 4 members (excludes halogenated alkanes) is 3. The molecule has 1 aromatic carbocycles. The molecule has 0 atom stereocenters. The minimum atomic E-state index is -2.47. The second-order valence-electron chi connectivity index (χ2n) is 7.61. The summed E-state index contributed by atoms with van der Waals surface area (Å²) in [6, 6.07) is 7.07. The van der Waals surface area contributed by atoms with Gasteiger partial charge < -0.3 is 0 Å². The molecule has 0 amide bonds. The molecule has 0 spiro atoms. The molecule has 0 saturated heterocycles. The van der Waals surface area contributed by atoms with Crippen LogP contribution in [0.4, 0.5) is 4.39 Å². The van der Waals surface area contributed by atoms with E-state index >= 15 is 0 Å². The van der Waals surface area contributed by atoms with Crippen LogP contribution in [0.25, 0.3) is 0 Å². The quantitative estimate of drug-likeness (QED) is 0.345. The number of benzene rings is 1. The third-order valence-corrected chi connectivity index (χ3v) is 20.6. The molecule has 0 radical (unpaired) electrons. The van der Waals surface area contributed by atoms with Gasteiger partial charge >= 0.3 is 163 Å². The molecule has 2 rings (SSSR count). The van der Waals surface area contributed by atoms with Gasteiger partial charge in [0.15, 0.2) is 0 Å². The van der Waals surface area contributed by atoms with Gasteiger partial charge in [0.25, 0.3) is 0 Å². The van der Waals surface area contributed by atoms with Gasteiger partial charge in [-0.2, -0.15) is 0 Å². The van der Waals surface area contributed by atoms with E-state index in [-0.39, 0.29) is 5.82 Å². The van der Waals surface area contributed by atoms with Crippen molar-refractivity contribution in [3.05, 3.63) is 48.2 Å². The van der Waals surface area contributed by atoms with Gasteiger partial charge in [-0.05, 0) is 0 Å². The fraction of sp³-hybridized carbons (Fsp3) is 0.591. The summed E-state index contributed by atoms with van der Waals surface area (Å²) in [7, 11) is 0. The van der Waals surface area contributed by atoms with Crippen LogP contribution in [0.1, 0.15) is 64.9 Å². The predicted octanol–water partition coefficient (Wildman–Crippen LogP) is 6.13. The summed E-state index contributed by atoms with van der Waals surface area (Å²) in [4.78, 5) is 4.91. The molecule has 2 nitrogen and oxygen atoms in total. The van der Waals surface area contributed by atoms with E-state index in [0.717, 1.165) is 5.56 Å². The average molecular weight is 465 g/mol. The van der Waals surface area contributed by atoms with Gasteiger partial charge in [0.05, 0.1) is 0 Å². The van der Waals surface area contributed by atoms with Gasteiger partial charge in [-0.25, -0.2) is 0 Å². The molecular weight excluding hydrogens is 430 g/mol. The molecule has 1 aromatic heterocycles.